The second-order valence-corrected chi connectivity index (χ2v) is 11.8. The fourth-order valence-corrected chi connectivity index (χ4v) is 7.41. The molecular formula is C25H16AsCl4N2O3. The Bertz CT molecular complexity index is 1410. The van der Waals surface area contributed by atoms with Gasteiger partial charge in [-0.05, 0) is 0 Å². The first-order valence-corrected chi connectivity index (χ1v) is 13.8. The third-order valence-electron chi connectivity index (χ3n) is 5.22. The number of aromatic nitrogens is 2. The van der Waals surface area contributed by atoms with Crippen molar-refractivity contribution in [2.75, 3.05) is 7.11 Å². The Labute approximate surface area is 228 Å². The van der Waals surface area contributed by atoms with E-state index in [1.807, 2.05) is 30.3 Å². The van der Waals surface area contributed by atoms with Crippen LogP contribution in [-0.2, 0) is 16.0 Å². The molecule has 0 saturated heterocycles. The molecule has 35 heavy (non-hydrogen) atoms. The van der Waals surface area contributed by atoms with E-state index >= 15 is 0 Å². The number of benzene rings is 2. The summed E-state index contributed by atoms with van der Waals surface area (Å²) in [5.41, 5.74) is 3.09. The fraction of sp³-hybridized carbons (Fsp3) is 0.120. The molecule has 4 aromatic rings. The Balaban J connectivity index is 1.60. The summed E-state index contributed by atoms with van der Waals surface area (Å²) in [6, 6.07) is 14.3. The van der Waals surface area contributed by atoms with Crippen LogP contribution in [0.3, 0.4) is 0 Å². The average Bonchev–Trinajstić information content (AvgIpc) is 2.83. The second-order valence-electron chi connectivity index (χ2n) is 7.48. The molecule has 2 aromatic heterocycles. The van der Waals surface area contributed by atoms with Crippen LogP contribution in [0.25, 0.3) is 22.2 Å². The van der Waals surface area contributed by atoms with Crippen molar-refractivity contribution in [1.29, 1.82) is 0 Å². The molecule has 1 radical (unpaired) electrons. The number of ether oxygens (including phenoxy) is 1. The van der Waals surface area contributed by atoms with E-state index in [9.17, 15) is 9.59 Å². The minimum atomic E-state index is -1.13. The molecule has 0 spiro atoms. The van der Waals surface area contributed by atoms with Crippen LogP contribution in [0.4, 0.5) is 0 Å². The first-order chi connectivity index (χ1) is 16.8. The molecule has 0 saturated carbocycles. The van der Waals surface area contributed by atoms with Crippen LogP contribution < -0.4 is 0 Å². The van der Waals surface area contributed by atoms with Crippen LogP contribution in [0, 0.1) is 0 Å². The molecule has 5 nitrogen and oxygen atoms in total. The van der Waals surface area contributed by atoms with Crippen molar-refractivity contribution in [3.63, 3.8) is 0 Å². The number of halogens is 4. The quantitative estimate of drug-likeness (QED) is 0.168. The van der Waals surface area contributed by atoms with E-state index in [4.69, 9.17) is 51.1 Å². The number of hydrogen-bond acceptors (Lipinski definition) is 5. The van der Waals surface area contributed by atoms with Gasteiger partial charge in [-0.25, -0.2) is 0 Å². The molecule has 0 aliphatic heterocycles. The first-order valence-electron chi connectivity index (χ1n) is 10.2. The maximum absolute atomic E-state index is 13.0. The van der Waals surface area contributed by atoms with E-state index in [-0.39, 0.29) is 20.2 Å². The van der Waals surface area contributed by atoms with Crippen molar-refractivity contribution >= 4 is 83.6 Å². The van der Waals surface area contributed by atoms with E-state index in [2.05, 4.69) is 9.97 Å². The minimum absolute atomic E-state index is 0.231. The molecule has 177 valence electrons. The molecule has 1 atom stereocenters. The van der Waals surface area contributed by atoms with Gasteiger partial charge in [0.25, 0.3) is 0 Å². The van der Waals surface area contributed by atoms with Crippen molar-refractivity contribution < 1.29 is 14.3 Å². The fourth-order valence-electron chi connectivity index (χ4n) is 3.55. The van der Waals surface area contributed by atoms with Crippen molar-refractivity contribution in [2.45, 2.75) is 11.1 Å². The predicted octanol–water partition coefficient (Wildman–Crippen LogP) is 6.96. The standard InChI is InChI=1S/C25H16AsCl4N2O3/c1-35-25(34)15(26-24(33)23-16(27)3-2-4-17(23)28)10-13-5-7-20-14(9-13)6-8-21(32-20)22-18(29)11-31-12-19(22)30/h2-9,11-12,15H,10H2,1H3. The van der Waals surface area contributed by atoms with Crippen LogP contribution >= 0.6 is 46.4 Å². The Morgan fingerprint density at radius 2 is 1.63 bits per heavy atom. The van der Waals surface area contributed by atoms with Gasteiger partial charge in [-0.1, -0.05) is 0 Å². The van der Waals surface area contributed by atoms with Gasteiger partial charge in [-0.3, -0.25) is 0 Å². The molecule has 10 heteroatoms. The number of pyridine rings is 2. The van der Waals surface area contributed by atoms with Gasteiger partial charge in [0.1, 0.15) is 0 Å². The Morgan fingerprint density at radius 1 is 0.943 bits per heavy atom. The van der Waals surface area contributed by atoms with Gasteiger partial charge < -0.3 is 0 Å². The Kier molecular flexibility index (Phi) is 8.36. The summed E-state index contributed by atoms with van der Waals surface area (Å²) in [6.07, 6.45) is 3.37. The summed E-state index contributed by atoms with van der Waals surface area (Å²) in [6.45, 7) is 0. The summed E-state index contributed by atoms with van der Waals surface area (Å²) in [7, 11) is 1.31. The summed E-state index contributed by atoms with van der Waals surface area (Å²) < 4.78 is 4.13. The normalized spacial score (nSPS) is 12.3. The number of nitrogens with zero attached hydrogens (tertiary/aromatic N) is 2. The van der Waals surface area contributed by atoms with Crippen LogP contribution in [0.1, 0.15) is 15.9 Å². The monoisotopic (exact) mass is 607 g/mol. The molecule has 0 bridgehead atoms. The summed E-state index contributed by atoms with van der Waals surface area (Å²) >= 11 is 23.8. The SMILES string of the molecule is COC(=O)C(Cc1ccc2nc(-c3c(Cl)cncc3Cl)ccc2c1)[As]C(=O)c1c(Cl)cccc1Cl. The van der Waals surface area contributed by atoms with Crippen LogP contribution in [0.5, 0.6) is 0 Å². The number of fused-ring (bicyclic) bond motifs is 1. The van der Waals surface area contributed by atoms with E-state index in [1.165, 1.54) is 19.5 Å². The Morgan fingerprint density at radius 3 is 2.29 bits per heavy atom. The maximum atomic E-state index is 13.0. The zero-order chi connectivity index (χ0) is 25.1. The van der Waals surface area contributed by atoms with Gasteiger partial charge in [0, 0.05) is 0 Å². The van der Waals surface area contributed by atoms with Crippen LogP contribution in [-0.4, -0.2) is 43.4 Å². The number of carbonyl (C=O) groups excluding carboxylic acids is 2. The van der Waals surface area contributed by atoms with Gasteiger partial charge in [0.05, 0.1) is 0 Å². The second kappa shape index (κ2) is 11.3. The third kappa shape index (κ3) is 5.82. The number of carbonyl (C=O) groups is 2. The average molecular weight is 609 g/mol. The van der Waals surface area contributed by atoms with Crippen LogP contribution in [0.2, 0.25) is 24.8 Å². The molecule has 2 heterocycles. The zero-order valence-corrected chi connectivity index (χ0v) is 23.0. The molecule has 0 N–H and O–H groups in total. The Hall–Kier alpha value is -2.14. The predicted molar refractivity (Wildman–Crippen MR) is 141 cm³/mol. The van der Waals surface area contributed by atoms with Crippen molar-refractivity contribution in [3.8, 4) is 11.3 Å². The molecule has 0 fully saturated rings. The van der Waals surface area contributed by atoms with Gasteiger partial charge >= 0.3 is 230 Å². The van der Waals surface area contributed by atoms with Gasteiger partial charge in [0.15, 0.2) is 0 Å². The number of hydrogen-bond donors (Lipinski definition) is 0. The zero-order valence-electron chi connectivity index (χ0n) is 18.1. The number of methoxy groups -OCH3 is 1. The summed E-state index contributed by atoms with van der Waals surface area (Å²) in [5.74, 6) is -0.447. The van der Waals surface area contributed by atoms with Gasteiger partial charge in [-0.15, -0.1) is 0 Å². The summed E-state index contributed by atoms with van der Waals surface area (Å²) in [4.78, 5) is 34.2. The number of rotatable bonds is 7. The third-order valence-corrected chi connectivity index (χ3v) is 8.86. The molecular weight excluding hydrogens is 593 g/mol. The van der Waals surface area contributed by atoms with Gasteiger partial charge in [0.2, 0.25) is 0 Å². The number of esters is 1. The molecule has 1 unspecified atom stereocenters. The molecule has 0 aliphatic carbocycles. The van der Waals surface area contributed by atoms with E-state index < -0.39 is 26.4 Å². The van der Waals surface area contributed by atoms with Gasteiger partial charge in [-0.2, -0.15) is 0 Å². The molecule has 0 amide bonds. The van der Waals surface area contributed by atoms with E-state index in [1.54, 1.807) is 18.2 Å². The topological polar surface area (TPSA) is 69.2 Å². The molecule has 4 rings (SSSR count). The van der Waals surface area contributed by atoms with Crippen molar-refractivity contribution in [2.24, 2.45) is 0 Å². The first kappa shape index (κ1) is 25.9. The van der Waals surface area contributed by atoms with Crippen molar-refractivity contribution in [1.82, 2.24) is 9.97 Å². The summed E-state index contributed by atoms with van der Waals surface area (Å²) in [5, 5.41) is 2.22. The van der Waals surface area contributed by atoms with E-state index in [0.29, 0.717) is 27.7 Å². The van der Waals surface area contributed by atoms with E-state index in [0.717, 1.165) is 16.5 Å². The molecule has 2 aromatic carbocycles. The molecule has 0 aliphatic rings. The van der Waals surface area contributed by atoms with Crippen molar-refractivity contribution in [3.05, 3.63) is 92.1 Å². The van der Waals surface area contributed by atoms with Crippen LogP contribution in [0.15, 0.2) is 60.9 Å².